The second kappa shape index (κ2) is 7.37. The molecule has 0 aliphatic carbocycles. The minimum absolute atomic E-state index is 0.0242. The van der Waals surface area contributed by atoms with Crippen molar-refractivity contribution >= 4 is 38.2 Å². The van der Waals surface area contributed by atoms with Crippen molar-refractivity contribution in [3.05, 3.63) is 42.0 Å². The van der Waals surface area contributed by atoms with Crippen LogP contribution in [0.2, 0.25) is 0 Å². The third kappa shape index (κ3) is 4.08. The average molecular weight is 357 g/mol. The molecule has 0 N–H and O–H groups in total. The smallest absolute Gasteiger partial charge is 0.247 e. The Labute approximate surface area is 152 Å². The monoisotopic (exact) mass is 357 g/mol. The molecule has 3 rings (SSSR count). The minimum Gasteiger partial charge on any atom is -0.328 e. The number of rotatable bonds is 4. The van der Waals surface area contributed by atoms with Gasteiger partial charge in [-0.05, 0) is 38.5 Å². The highest BCUT2D eigenvalue weighted by atomic mass is 32.1. The summed E-state index contributed by atoms with van der Waals surface area (Å²) in [6, 6.07) is 8.38. The Kier molecular flexibility index (Phi) is 5.20. The van der Waals surface area contributed by atoms with E-state index in [-0.39, 0.29) is 18.4 Å². The molecule has 0 spiro atoms. The van der Waals surface area contributed by atoms with E-state index in [0.717, 1.165) is 10.4 Å². The van der Waals surface area contributed by atoms with Crippen LogP contribution in [0.1, 0.15) is 5.56 Å². The molecule has 25 heavy (non-hydrogen) atoms. The fraction of sp³-hybridized carbons (Fsp3) is 0.368. The fourth-order valence-electron chi connectivity index (χ4n) is 2.85. The highest BCUT2D eigenvalue weighted by Gasteiger charge is 2.28. The Morgan fingerprint density at radius 3 is 2.80 bits per heavy atom. The van der Waals surface area contributed by atoms with Crippen LogP contribution in [-0.2, 0) is 9.59 Å². The summed E-state index contributed by atoms with van der Waals surface area (Å²) in [7, 11) is 3.90. The van der Waals surface area contributed by atoms with Crippen LogP contribution in [0.5, 0.6) is 0 Å². The van der Waals surface area contributed by atoms with Crippen LogP contribution in [0.15, 0.2) is 36.4 Å². The normalized spacial score (nSPS) is 15.8. The molecule has 0 unspecified atom stereocenters. The van der Waals surface area contributed by atoms with Crippen LogP contribution >= 0.6 is 11.3 Å². The molecule has 1 aliphatic rings. The standard InChI is InChI=1S/C19H23N3O2S/c1-14-6-7-16-15(11-14)12-19(25-16)22-10-9-21(13-18(22)24)17(23)5-4-8-20(2)3/h4-7,11-12H,8-10,13H2,1-3H3/b5-4+. The van der Waals surface area contributed by atoms with Gasteiger partial charge in [0.1, 0.15) is 6.54 Å². The van der Waals surface area contributed by atoms with Crippen molar-refractivity contribution in [2.24, 2.45) is 0 Å². The molecule has 1 aliphatic heterocycles. The predicted octanol–water partition coefficient (Wildman–Crippen LogP) is 2.50. The number of piperazine rings is 1. The first-order valence-corrected chi connectivity index (χ1v) is 9.16. The Bertz CT molecular complexity index is 825. The lowest BCUT2D eigenvalue weighted by Crippen LogP contribution is -2.51. The molecule has 2 amide bonds. The zero-order valence-electron chi connectivity index (χ0n) is 14.9. The quantitative estimate of drug-likeness (QED) is 0.790. The largest absolute Gasteiger partial charge is 0.328 e. The second-order valence-electron chi connectivity index (χ2n) is 6.60. The minimum atomic E-state index is -0.0955. The van der Waals surface area contributed by atoms with Crippen LogP contribution < -0.4 is 4.90 Å². The molecule has 6 heteroatoms. The van der Waals surface area contributed by atoms with Crippen LogP contribution in [0.3, 0.4) is 0 Å². The van der Waals surface area contributed by atoms with Gasteiger partial charge in [-0.3, -0.25) is 9.59 Å². The fourth-order valence-corrected chi connectivity index (χ4v) is 3.93. The summed E-state index contributed by atoms with van der Waals surface area (Å²) in [5.74, 6) is -0.120. The van der Waals surface area contributed by atoms with Gasteiger partial charge < -0.3 is 14.7 Å². The summed E-state index contributed by atoms with van der Waals surface area (Å²) in [5.41, 5.74) is 1.21. The van der Waals surface area contributed by atoms with Crippen molar-refractivity contribution in [1.82, 2.24) is 9.80 Å². The van der Waals surface area contributed by atoms with Gasteiger partial charge in [0.15, 0.2) is 0 Å². The molecule has 2 aromatic rings. The number of likely N-dealkylation sites (N-methyl/N-ethyl adjacent to an activating group) is 1. The van der Waals surface area contributed by atoms with E-state index in [1.165, 1.54) is 10.3 Å². The third-order valence-electron chi connectivity index (χ3n) is 4.19. The molecule has 0 saturated carbocycles. The molecule has 1 fully saturated rings. The number of carbonyl (C=O) groups excluding carboxylic acids is 2. The Balaban J connectivity index is 1.67. The molecule has 0 bridgehead atoms. The van der Waals surface area contributed by atoms with Crippen molar-refractivity contribution in [3.63, 3.8) is 0 Å². The van der Waals surface area contributed by atoms with Crippen molar-refractivity contribution in [3.8, 4) is 0 Å². The summed E-state index contributed by atoms with van der Waals surface area (Å²) >= 11 is 1.63. The molecule has 1 saturated heterocycles. The maximum absolute atomic E-state index is 12.5. The van der Waals surface area contributed by atoms with Gasteiger partial charge in [0.25, 0.3) is 0 Å². The van der Waals surface area contributed by atoms with Gasteiger partial charge in [-0.25, -0.2) is 0 Å². The lowest BCUT2D eigenvalue weighted by molar-refractivity contribution is -0.133. The van der Waals surface area contributed by atoms with E-state index in [9.17, 15) is 9.59 Å². The van der Waals surface area contributed by atoms with Crippen LogP contribution in [0.4, 0.5) is 5.00 Å². The van der Waals surface area contributed by atoms with Gasteiger partial charge in [-0.1, -0.05) is 23.8 Å². The van der Waals surface area contributed by atoms with Crippen LogP contribution in [-0.4, -0.2) is 61.9 Å². The van der Waals surface area contributed by atoms with Gasteiger partial charge in [0, 0.05) is 30.4 Å². The summed E-state index contributed by atoms with van der Waals surface area (Å²) in [6.07, 6.45) is 3.39. The first-order chi connectivity index (χ1) is 11.9. The van der Waals surface area contributed by atoms with E-state index < -0.39 is 0 Å². The van der Waals surface area contributed by atoms with E-state index in [2.05, 4.69) is 31.2 Å². The lowest BCUT2D eigenvalue weighted by Gasteiger charge is -2.33. The number of thiophene rings is 1. The number of hydrogen-bond acceptors (Lipinski definition) is 4. The van der Waals surface area contributed by atoms with Crippen LogP contribution in [0, 0.1) is 6.92 Å². The first-order valence-electron chi connectivity index (χ1n) is 8.35. The Morgan fingerprint density at radius 2 is 2.08 bits per heavy atom. The zero-order chi connectivity index (χ0) is 18.0. The molecule has 132 valence electrons. The average Bonchev–Trinajstić information content (AvgIpc) is 2.96. The number of nitrogens with zero attached hydrogens (tertiary/aromatic N) is 3. The Morgan fingerprint density at radius 1 is 1.28 bits per heavy atom. The maximum atomic E-state index is 12.5. The summed E-state index contributed by atoms with van der Waals surface area (Å²) in [5, 5.41) is 2.12. The van der Waals surface area contributed by atoms with Gasteiger partial charge in [-0.15, -0.1) is 11.3 Å². The topological polar surface area (TPSA) is 43.9 Å². The highest BCUT2D eigenvalue weighted by Crippen LogP contribution is 2.33. The first kappa shape index (κ1) is 17.6. The lowest BCUT2D eigenvalue weighted by atomic mass is 10.2. The van der Waals surface area contributed by atoms with Crippen LogP contribution in [0.25, 0.3) is 10.1 Å². The molecule has 0 atom stereocenters. The third-order valence-corrected chi connectivity index (χ3v) is 5.33. The molecule has 1 aromatic carbocycles. The van der Waals surface area contributed by atoms with Gasteiger partial charge in [-0.2, -0.15) is 0 Å². The number of amides is 2. The molecule has 5 nitrogen and oxygen atoms in total. The van der Waals surface area contributed by atoms with Gasteiger partial charge >= 0.3 is 0 Å². The molecular weight excluding hydrogens is 334 g/mol. The van der Waals surface area contributed by atoms with E-state index in [4.69, 9.17) is 0 Å². The van der Waals surface area contributed by atoms with E-state index in [0.29, 0.717) is 19.6 Å². The SMILES string of the molecule is Cc1ccc2sc(N3CCN(C(=O)/C=C/CN(C)C)CC3=O)cc2c1. The number of anilines is 1. The number of benzene rings is 1. The Hall–Kier alpha value is -2.18. The summed E-state index contributed by atoms with van der Waals surface area (Å²) < 4.78 is 1.18. The maximum Gasteiger partial charge on any atom is 0.247 e. The molecule has 0 radical (unpaired) electrons. The van der Waals surface area contributed by atoms with Crippen molar-refractivity contribution < 1.29 is 9.59 Å². The summed E-state index contributed by atoms with van der Waals surface area (Å²) in [6.45, 7) is 4.01. The van der Waals surface area contributed by atoms with E-state index in [1.54, 1.807) is 27.2 Å². The molecule has 2 heterocycles. The highest BCUT2D eigenvalue weighted by molar-refractivity contribution is 7.23. The number of aryl methyl sites for hydroxylation is 1. The van der Waals surface area contributed by atoms with Gasteiger partial charge in [0.2, 0.25) is 11.8 Å². The predicted molar refractivity (Wildman–Crippen MR) is 103 cm³/mol. The van der Waals surface area contributed by atoms with Crippen molar-refractivity contribution in [2.75, 3.05) is 45.2 Å². The molecule has 1 aromatic heterocycles. The molecular formula is C19H23N3O2S. The second-order valence-corrected chi connectivity index (χ2v) is 7.66. The van der Waals surface area contributed by atoms with Gasteiger partial charge in [0.05, 0.1) is 5.00 Å². The van der Waals surface area contributed by atoms with Crippen molar-refractivity contribution in [2.45, 2.75) is 6.92 Å². The number of fused-ring (bicyclic) bond motifs is 1. The van der Waals surface area contributed by atoms with E-state index >= 15 is 0 Å². The summed E-state index contributed by atoms with van der Waals surface area (Å²) in [4.78, 5) is 30.1. The van der Waals surface area contributed by atoms with E-state index in [1.807, 2.05) is 25.1 Å². The van der Waals surface area contributed by atoms with Crippen molar-refractivity contribution in [1.29, 1.82) is 0 Å². The number of carbonyl (C=O) groups is 2. The zero-order valence-corrected chi connectivity index (χ0v) is 15.7. The number of hydrogen-bond donors (Lipinski definition) is 0.